The van der Waals surface area contributed by atoms with Crippen LogP contribution in [0.15, 0.2) is 6.20 Å². The van der Waals surface area contributed by atoms with Crippen molar-refractivity contribution in [3.63, 3.8) is 0 Å². The molecule has 4 heteroatoms. The summed E-state index contributed by atoms with van der Waals surface area (Å²) in [5.74, 6) is 0. The Morgan fingerprint density at radius 3 is 3.17 bits per heavy atom. The highest BCUT2D eigenvalue weighted by Gasteiger charge is 2.14. The maximum absolute atomic E-state index is 5.63. The van der Waals surface area contributed by atoms with Gasteiger partial charge < -0.3 is 10.1 Å². The van der Waals surface area contributed by atoms with Gasteiger partial charge in [-0.25, -0.2) is 0 Å². The second-order valence-corrected chi connectivity index (χ2v) is 5.06. The van der Waals surface area contributed by atoms with Crippen molar-refractivity contribution in [2.75, 3.05) is 13.2 Å². The van der Waals surface area contributed by atoms with E-state index in [1.165, 1.54) is 24.8 Å². The molecule has 1 aliphatic rings. The van der Waals surface area contributed by atoms with Gasteiger partial charge in [-0.05, 0) is 39.2 Å². The van der Waals surface area contributed by atoms with Crippen LogP contribution in [0.4, 0.5) is 0 Å². The van der Waals surface area contributed by atoms with Crippen LogP contribution in [0.2, 0.25) is 0 Å². The summed E-state index contributed by atoms with van der Waals surface area (Å²) in [5, 5.41) is 7.91. The fraction of sp³-hybridized carbons (Fsp3) is 0.786. The van der Waals surface area contributed by atoms with Crippen LogP contribution in [-0.2, 0) is 17.8 Å². The first-order valence-electron chi connectivity index (χ1n) is 7.15. The largest absolute Gasteiger partial charge is 0.378 e. The third-order valence-electron chi connectivity index (χ3n) is 3.55. The number of aryl methyl sites for hydroxylation is 2. The lowest BCUT2D eigenvalue weighted by molar-refractivity contribution is 0.101. The topological polar surface area (TPSA) is 39.1 Å². The number of aromatic nitrogens is 2. The summed E-state index contributed by atoms with van der Waals surface area (Å²) in [4.78, 5) is 0. The zero-order chi connectivity index (χ0) is 12.8. The SMILES string of the molecule is CCNCc1cn(CCCC2CCCO2)nc1C. The van der Waals surface area contributed by atoms with Crippen LogP contribution in [0.25, 0.3) is 0 Å². The van der Waals surface area contributed by atoms with Crippen LogP contribution in [0, 0.1) is 6.92 Å². The van der Waals surface area contributed by atoms with Crippen molar-refractivity contribution >= 4 is 0 Å². The van der Waals surface area contributed by atoms with Gasteiger partial charge in [-0.2, -0.15) is 5.10 Å². The van der Waals surface area contributed by atoms with Gasteiger partial charge in [0.15, 0.2) is 0 Å². The molecule has 0 aromatic carbocycles. The first-order valence-corrected chi connectivity index (χ1v) is 7.15. The monoisotopic (exact) mass is 251 g/mol. The molecule has 102 valence electrons. The number of hydrogen-bond donors (Lipinski definition) is 1. The van der Waals surface area contributed by atoms with Crippen molar-refractivity contribution in [1.29, 1.82) is 0 Å². The molecule has 0 radical (unpaired) electrons. The normalized spacial score (nSPS) is 19.6. The molecule has 0 spiro atoms. The standard InChI is InChI=1S/C14H25N3O/c1-3-15-10-13-11-17(16-12(13)2)8-4-6-14-7-5-9-18-14/h11,14-15H,3-10H2,1-2H3. The van der Waals surface area contributed by atoms with Crippen LogP contribution in [0.1, 0.15) is 43.9 Å². The highest BCUT2D eigenvalue weighted by atomic mass is 16.5. The van der Waals surface area contributed by atoms with Crippen molar-refractivity contribution in [3.8, 4) is 0 Å². The Labute approximate surface area is 110 Å². The fourth-order valence-electron chi connectivity index (χ4n) is 2.46. The van der Waals surface area contributed by atoms with Gasteiger partial charge in [0.2, 0.25) is 0 Å². The molecule has 0 amide bonds. The molecule has 1 atom stereocenters. The van der Waals surface area contributed by atoms with Gasteiger partial charge in [-0.15, -0.1) is 0 Å². The van der Waals surface area contributed by atoms with Crippen LogP contribution in [0.5, 0.6) is 0 Å². The number of hydrogen-bond acceptors (Lipinski definition) is 3. The summed E-state index contributed by atoms with van der Waals surface area (Å²) in [6.45, 7) is 8.10. The van der Waals surface area contributed by atoms with E-state index < -0.39 is 0 Å². The molecule has 4 nitrogen and oxygen atoms in total. The summed E-state index contributed by atoms with van der Waals surface area (Å²) >= 11 is 0. The summed E-state index contributed by atoms with van der Waals surface area (Å²) in [6, 6.07) is 0. The lowest BCUT2D eigenvalue weighted by Gasteiger charge is -2.08. The molecule has 2 heterocycles. The minimum absolute atomic E-state index is 0.503. The first-order chi connectivity index (χ1) is 8.79. The highest BCUT2D eigenvalue weighted by Crippen LogP contribution is 2.17. The van der Waals surface area contributed by atoms with E-state index in [-0.39, 0.29) is 0 Å². The van der Waals surface area contributed by atoms with Crippen LogP contribution >= 0.6 is 0 Å². The van der Waals surface area contributed by atoms with Crippen LogP contribution in [-0.4, -0.2) is 29.0 Å². The third-order valence-corrected chi connectivity index (χ3v) is 3.55. The van der Waals surface area contributed by atoms with E-state index in [2.05, 4.69) is 35.1 Å². The summed E-state index contributed by atoms with van der Waals surface area (Å²) in [5.41, 5.74) is 2.46. The maximum Gasteiger partial charge on any atom is 0.0638 e. The summed E-state index contributed by atoms with van der Waals surface area (Å²) in [7, 11) is 0. The van der Waals surface area contributed by atoms with Gasteiger partial charge in [-0.1, -0.05) is 6.92 Å². The molecule has 1 saturated heterocycles. The average Bonchev–Trinajstić information content (AvgIpc) is 2.97. The average molecular weight is 251 g/mol. The molecule has 1 fully saturated rings. The number of nitrogens with one attached hydrogen (secondary N) is 1. The van der Waals surface area contributed by atoms with E-state index in [4.69, 9.17) is 4.74 Å². The zero-order valence-electron chi connectivity index (χ0n) is 11.6. The molecule has 1 N–H and O–H groups in total. The smallest absolute Gasteiger partial charge is 0.0638 e. The minimum atomic E-state index is 0.503. The number of rotatable bonds is 7. The molecular weight excluding hydrogens is 226 g/mol. The van der Waals surface area contributed by atoms with E-state index in [0.29, 0.717) is 6.10 Å². The molecule has 1 aromatic heterocycles. The Hall–Kier alpha value is -0.870. The molecule has 1 aliphatic heterocycles. The summed E-state index contributed by atoms with van der Waals surface area (Å²) in [6.07, 6.45) is 7.48. The Kier molecular flexibility index (Phi) is 5.20. The zero-order valence-corrected chi connectivity index (χ0v) is 11.6. The molecule has 1 unspecified atom stereocenters. The van der Waals surface area contributed by atoms with Gasteiger partial charge in [0, 0.05) is 31.5 Å². The molecule has 0 bridgehead atoms. The lowest BCUT2D eigenvalue weighted by Crippen LogP contribution is -2.11. The van der Waals surface area contributed by atoms with Gasteiger partial charge in [0.05, 0.1) is 11.8 Å². The molecule has 18 heavy (non-hydrogen) atoms. The minimum Gasteiger partial charge on any atom is -0.378 e. The van der Waals surface area contributed by atoms with Crippen molar-refractivity contribution in [1.82, 2.24) is 15.1 Å². The van der Waals surface area contributed by atoms with Gasteiger partial charge in [0.1, 0.15) is 0 Å². The quantitative estimate of drug-likeness (QED) is 0.808. The molecule has 0 saturated carbocycles. The molecule has 0 aliphatic carbocycles. The fourth-order valence-corrected chi connectivity index (χ4v) is 2.46. The van der Waals surface area contributed by atoms with E-state index in [1.807, 2.05) is 0 Å². The summed E-state index contributed by atoms with van der Waals surface area (Å²) < 4.78 is 7.71. The number of nitrogens with zero attached hydrogens (tertiary/aromatic N) is 2. The third kappa shape index (κ3) is 3.82. The number of ether oxygens (including phenoxy) is 1. The second-order valence-electron chi connectivity index (χ2n) is 5.06. The maximum atomic E-state index is 5.63. The van der Waals surface area contributed by atoms with Crippen molar-refractivity contribution in [2.45, 2.75) is 58.7 Å². The Bertz CT molecular complexity index is 356. The molecule has 2 rings (SSSR count). The highest BCUT2D eigenvalue weighted by molar-refractivity contribution is 5.14. The van der Waals surface area contributed by atoms with Crippen molar-refractivity contribution in [2.24, 2.45) is 0 Å². The van der Waals surface area contributed by atoms with Gasteiger partial charge >= 0.3 is 0 Å². The Morgan fingerprint density at radius 1 is 1.56 bits per heavy atom. The van der Waals surface area contributed by atoms with Gasteiger partial charge in [-0.3, -0.25) is 4.68 Å². The Balaban J connectivity index is 1.74. The second kappa shape index (κ2) is 6.90. The van der Waals surface area contributed by atoms with E-state index >= 15 is 0 Å². The van der Waals surface area contributed by atoms with Crippen molar-refractivity contribution in [3.05, 3.63) is 17.5 Å². The van der Waals surface area contributed by atoms with Gasteiger partial charge in [0.25, 0.3) is 0 Å². The lowest BCUT2D eigenvalue weighted by atomic mass is 10.1. The predicted octanol–water partition coefficient (Wildman–Crippen LogP) is 2.26. The van der Waals surface area contributed by atoms with Crippen LogP contribution in [0.3, 0.4) is 0 Å². The van der Waals surface area contributed by atoms with Crippen LogP contribution < -0.4 is 5.32 Å². The van der Waals surface area contributed by atoms with E-state index in [1.54, 1.807) is 0 Å². The predicted molar refractivity (Wildman–Crippen MR) is 72.6 cm³/mol. The Morgan fingerprint density at radius 2 is 2.44 bits per heavy atom. The van der Waals surface area contributed by atoms with Crippen molar-refractivity contribution < 1.29 is 4.74 Å². The van der Waals surface area contributed by atoms with E-state index in [9.17, 15) is 0 Å². The molecule has 1 aromatic rings. The van der Waals surface area contributed by atoms with E-state index in [0.717, 1.165) is 38.4 Å². The first kappa shape index (κ1) is 13.6. The molecular formula is C14H25N3O.